The number of rotatable bonds is 2. The van der Waals surface area contributed by atoms with E-state index < -0.39 is 0 Å². The molecule has 2 heteroatoms. The summed E-state index contributed by atoms with van der Waals surface area (Å²) >= 11 is 0. The molecule has 0 aromatic rings. The first kappa shape index (κ1) is 7.03. The number of aliphatic hydroxyl groups excluding tert-OH is 1. The molecule has 2 atom stereocenters. The lowest BCUT2D eigenvalue weighted by Crippen LogP contribution is -2.47. The Bertz CT molecular complexity index is 88.9. The number of hydrogen-bond donors (Lipinski definition) is 2. The summed E-state index contributed by atoms with van der Waals surface area (Å²) in [6.07, 6.45) is -0.142. The van der Waals surface area contributed by atoms with Gasteiger partial charge in [-0.1, -0.05) is 6.92 Å². The summed E-state index contributed by atoms with van der Waals surface area (Å²) in [5.41, 5.74) is 0. The van der Waals surface area contributed by atoms with Gasteiger partial charge >= 0.3 is 0 Å². The zero-order valence-corrected chi connectivity index (χ0v) is 6.09. The van der Waals surface area contributed by atoms with Crippen LogP contribution in [0.25, 0.3) is 0 Å². The van der Waals surface area contributed by atoms with Crippen LogP contribution >= 0.6 is 0 Å². The molecule has 9 heavy (non-hydrogen) atoms. The molecular weight excluding hydrogens is 114 g/mol. The maximum atomic E-state index is 9.13. The summed E-state index contributed by atoms with van der Waals surface area (Å²) in [6.45, 7) is 6.15. The lowest BCUT2D eigenvalue weighted by molar-refractivity contribution is 0.0779. The molecule has 2 N–H and O–H groups in total. The second-order valence-electron chi connectivity index (χ2n) is 3.02. The number of aliphatic hydroxyl groups is 1. The normalized spacial score (nSPS) is 27.0. The van der Waals surface area contributed by atoms with Crippen molar-refractivity contribution in [3.63, 3.8) is 0 Å². The van der Waals surface area contributed by atoms with Crippen molar-refractivity contribution in [1.29, 1.82) is 0 Å². The van der Waals surface area contributed by atoms with Gasteiger partial charge in [-0.15, -0.1) is 0 Å². The van der Waals surface area contributed by atoms with E-state index in [0.29, 0.717) is 11.8 Å². The van der Waals surface area contributed by atoms with Gasteiger partial charge in [0, 0.05) is 0 Å². The van der Waals surface area contributed by atoms with E-state index in [1.807, 2.05) is 6.92 Å². The SMILES string of the molecule is CC(O)C(C)C1CNC1. The Morgan fingerprint density at radius 2 is 2.00 bits per heavy atom. The Kier molecular flexibility index (Phi) is 2.09. The summed E-state index contributed by atoms with van der Waals surface area (Å²) < 4.78 is 0. The van der Waals surface area contributed by atoms with Crippen LogP contribution in [0.5, 0.6) is 0 Å². The van der Waals surface area contributed by atoms with Gasteiger partial charge < -0.3 is 10.4 Å². The molecule has 2 nitrogen and oxygen atoms in total. The Labute approximate surface area is 56.3 Å². The fourth-order valence-corrected chi connectivity index (χ4v) is 1.08. The third-order valence-corrected chi connectivity index (χ3v) is 2.32. The van der Waals surface area contributed by atoms with E-state index in [1.54, 1.807) is 0 Å². The summed E-state index contributed by atoms with van der Waals surface area (Å²) in [6, 6.07) is 0. The van der Waals surface area contributed by atoms with Crippen LogP contribution in [-0.2, 0) is 0 Å². The van der Waals surface area contributed by atoms with Crippen LogP contribution in [0, 0.1) is 11.8 Å². The van der Waals surface area contributed by atoms with Gasteiger partial charge in [0.05, 0.1) is 6.10 Å². The Morgan fingerprint density at radius 3 is 2.11 bits per heavy atom. The van der Waals surface area contributed by atoms with Gasteiger partial charge in [0.15, 0.2) is 0 Å². The number of nitrogens with one attached hydrogen (secondary N) is 1. The first-order chi connectivity index (χ1) is 4.22. The maximum absolute atomic E-state index is 9.13. The first-order valence-corrected chi connectivity index (χ1v) is 3.60. The van der Waals surface area contributed by atoms with Crippen molar-refractivity contribution in [2.75, 3.05) is 13.1 Å². The molecule has 0 aromatic carbocycles. The highest BCUT2D eigenvalue weighted by atomic mass is 16.3. The van der Waals surface area contributed by atoms with Crippen molar-refractivity contribution < 1.29 is 5.11 Å². The van der Waals surface area contributed by atoms with Crippen molar-refractivity contribution in [3.8, 4) is 0 Å². The van der Waals surface area contributed by atoms with E-state index in [2.05, 4.69) is 12.2 Å². The van der Waals surface area contributed by atoms with E-state index in [4.69, 9.17) is 5.11 Å². The van der Waals surface area contributed by atoms with Gasteiger partial charge in [0.1, 0.15) is 0 Å². The monoisotopic (exact) mass is 129 g/mol. The summed E-state index contributed by atoms with van der Waals surface area (Å²) in [5.74, 6) is 1.18. The quantitative estimate of drug-likeness (QED) is 0.559. The van der Waals surface area contributed by atoms with Crippen LogP contribution in [0.15, 0.2) is 0 Å². The zero-order valence-electron chi connectivity index (χ0n) is 6.09. The third-order valence-electron chi connectivity index (χ3n) is 2.32. The van der Waals surface area contributed by atoms with Gasteiger partial charge in [-0.05, 0) is 31.8 Å². The Balaban J connectivity index is 2.23. The third kappa shape index (κ3) is 1.43. The average molecular weight is 129 g/mol. The van der Waals surface area contributed by atoms with Gasteiger partial charge in [-0.3, -0.25) is 0 Å². The lowest BCUT2D eigenvalue weighted by atomic mass is 9.86. The van der Waals surface area contributed by atoms with E-state index in [9.17, 15) is 0 Å². The summed E-state index contributed by atoms with van der Waals surface area (Å²) in [4.78, 5) is 0. The minimum atomic E-state index is -0.142. The Morgan fingerprint density at radius 1 is 1.44 bits per heavy atom. The number of hydrogen-bond acceptors (Lipinski definition) is 2. The second-order valence-corrected chi connectivity index (χ2v) is 3.02. The Hall–Kier alpha value is -0.0800. The molecule has 0 radical (unpaired) electrons. The average Bonchev–Trinajstić information content (AvgIpc) is 1.60. The van der Waals surface area contributed by atoms with Crippen LogP contribution in [0.1, 0.15) is 13.8 Å². The minimum Gasteiger partial charge on any atom is -0.393 e. The summed E-state index contributed by atoms with van der Waals surface area (Å²) in [7, 11) is 0. The smallest absolute Gasteiger partial charge is 0.0541 e. The van der Waals surface area contributed by atoms with E-state index in [0.717, 1.165) is 13.1 Å². The van der Waals surface area contributed by atoms with Crippen molar-refractivity contribution in [2.24, 2.45) is 11.8 Å². The standard InChI is InChI=1S/C7H15NO/c1-5(6(2)9)7-3-8-4-7/h5-9H,3-4H2,1-2H3. The first-order valence-electron chi connectivity index (χ1n) is 3.60. The van der Waals surface area contributed by atoms with Crippen molar-refractivity contribution in [1.82, 2.24) is 5.32 Å². The predicted octanol–water partition coefficient (Wildman–Crippen LogP) is 0.223. The minimum absolute atomic E-state index is 0.142. The largest absolute Gasteiger partial charge is 0.393 e. The zero-order chi connectivity index (χ0) is 6.85. The van der Waals surface area contributed by atoms with Gasteiger partial charge in [0.2, 0.25) is 0 Å². The molecule has 0 aliphatic carbocycles. The van der Waals surface area contributed by atoms with Gasteiger partial charge in [-0.25, -0.2) is 0 Å². The second kappa shape index (κ2) is 2.67. The molecule has 54 valence electrons. The van der Waals surface area contributed by atoms with Crippen molar-refractivity contribution in [3.05, 3.63) is 0 Å². The fraction of sp³-hybridized carbons (Fsp3) is 1.00. The highest BCUT2D eigenvalue weighted by molar-refractivity contribution is 4.81. The van der Waals surface area contributed by atoms with Crippen LogP contribution in [0.3, 0.4) is 0 Å². The molecule has 0 spiro atoms. The highest BCUT2D eigenvalue weighted by Gasteiger charge is 2.26. The van der Waals surface area contributed by atoms with Crippen molar-refractivity contribution >= 4 is 0 Å². The molecule has 0 aromatic heterocycles. The molecule has 1 rings (SSSR count). The van der Waals surface area contributed by atoms with Crippen molar-refractivity contribution in [2.45, 2.75) is 20.0 Å². The molecular formula is C7H15NO. The molecule has 1 saturated heterocycles. The highest BCUT2D eigenvalue weighted by Crippen LogP contribution is 2.18. The van der Waals surface area contributed by atoms with Gasteiger partial charge in [0.25, 0.3) is 0 Å². The van der Waals surface area contributed by atoms with E-state index in [1.165, 1.54) is 0 Å². The predicted molar refractivity (Wildman–Crippen MR) is 37.2 cm³/mol. The molecule has 0 amide bonds. The van der Waals surface area contributed by atoms with Crippen LogP contribution in [0.4, 0.5) is 0 Å². The molecule has 1 aliphatic heterocycles. The fourth-order valence-electron chi connectivity index (χ4n) is 1.08. The molecule has 0 saturated carbocycles. The van der Waals surface area contributed by atoms with Crippen LogP contribution in [-0.4, -0.2) is 24.3 Å². The van der Waals surface area contributed by atoms with Crippen LogP contribution in [0.2, 0.25) is 0 Å². The molecule has 2 unspecified atom stereocenters. The van der Waals surface area contributed by atoms with Gasteiger partial charge in [-0.2, -0.15) is 0 Å². The van der Waals surface area contributed by atoms with E-state index in [-0.39, 0.29) is 6.10 Å². The topological polar surface area (TPSA) is 32.3 Å². The molecule has 1 aliphatic rings. The molecule has 1 heterocycles. The molecule has 1 fully saturated rings. The van der Waals surface area contributed by atoms with E-state index >= 15 is 0 Å². The lowest BCUT2D eigenvalue weighted by Gasteiger charge is -2.34. The van der Waals surface area contributed by atoms with Crippen LogP contribution < -0.4 is 5.32 Å². The summed E-state index contributed by atoms with van der Waals surface area (Å²) in [5, 5.41) is 12.3. The maximum Gasteiger partial charge on any atom is 0.0541 e. The molecule has 0 bridgehead atoms.